The van der Waals surface area contributed by atoms with Gasteiger partial charge in [-0.15, -0.1) is 0 Å². The summed E-state index contributed by atoms with van der Waals surface area (Å²) >= 11 is 0. The van der Waals surface area contributed by atoms with Gasteiger partial charge in [0.05, 0.1) is 12.8 Å². The van der Waals surface area contributed by atoms with Crippen LogP contribution in [-0.2, 0) is 31.1 Å². The van der Waals surface area contributed by atoms with Crippen molar-refractivity contribution in [2.24, 2.45) is 7.05 Å². The molecule has 0 fully saturated rings. The van der Waals surface area contributed by atoms with Gasteiger partial charge in [-0.1, -0.05) is 25.1 Å². The lowest BCUT2D eigenvalue weighted by molar-refractivity contribution is -0.117. The topological polar surface area (TPSA) is 44.1 Å². The summed E-state index contributed by atoms with van der Waals surface area (Å²) in [4.78, 5) is 12.2. The molecule has 0 unspecified atom stereocenters. The third kappa shape index (κ3) is 3.26. The summed E-state index contributed by atoms with van der Waals surface area (Å²) in [5.41, 5.74) is 2.91. The molecule has 0 bridgehead atoms. The van der Waals surface area contributed by atoms with Gasteiger partial charge in [-0.3, -0.25) is 9.48 Å². The molecule has 0 aliphatic heterocycles. The van der Waals surface area contributed by atoms with Crippen LogP contribution in [0.2, 0.25) is 0 Å². The van der Waals surface area contributed by atoms with Crippen LogP contribution in [0.3, 0.4) is 0 Å². The van der Waals surface area contributed by atoms with Gasteiger partial charge in [0.15, 0.2) is 0 Å². The van der Waals surface area contributed by atoms with E-state index in [-0.39, 0.29) is 5.78 Å². The molecule has 0 radical (unpaired) electrons. The molecule has 1 aromatic carbocycles. The Balaban J connectivity index is 2.07. The average Bonchev–Trinajstić information content (AvgIpc) is 2.80. The van der Waals surface area contributed by atoms with E-state index in [0.29, 0.717) is 12.8 Å². The minimum absolute atomic E-state index is 0.167. The largest absolute Gasteiger partial charge is 0.496 e. The predicted molar refractivity (Wildman–Crippen MR) is 78.0 cm³/mol. The van der Waals surface area contributed by atoms with Crippen LogP contribution in [0.5, 0.6) is 5.75 Å². The number of hydrogen-bond acceptors (Lipinski definition) is 3. The maximum atomic E-state index is 12.2. The van der Waals surface area contributed by atoms with Gasteiger partial charge >= 0.3 is 0 Å². The van der Waals surface area contributed by atoms with Crippen LogP contribution in [0.4, 0.5) is 0 Å². The number of hydrogen-bond donors (Lipinski definition) is 0. The second kappa shape index (κ2) is 6.37. The second-order valence-electron chi connectivity index (χ2n) is 4.81. The highest BCUT2D eigenvalue weighted by atomic mass is 16.5. The van der Waals surface area contributed by atoms with Gasteiger partial charge in [-0.2, -0.15) is 5.10 Å². The summed E-state index contributed by atoms with van der Waals surface area (Å²) in [6, 6.07) is 9.63. The van der Waals surface area contributed by atoms with Crippen LogP contribution in [-0.4, -0.2) is 22.7 Å². The third-order valence-corrected chi connectivity index (χ3v) is 3.35. The smallest absolute Gasteiger partial charge is 0.143 e. The molecule has 4 heteroatoms. The van der Waals surface area contributed by atoms with Gasteiger partial charge in [0.2, 0.25) is 0 Å². The molecule has 2 aromatic rings. The average molecular weight is 272 g/mol. The van der Waals surface area contributed by atoms with E-state index in [1.807, 2.05) is 37.4 Å². The molecular formula is C16H20N2O2. The van der Waals surface area contributed by atoms with E-state index in [2.05, 4.69) is 12.0 Å². The summed E-state index contributed by atoms with van der Waals surface area (Å²) in [5, 5.41) is 4.36. The minimum atomic E-state index is 0.167. The van der Waals surface area contributed by atoms with Crippen molar-refractivity contribution in [2.45, 2.75) is 26.2 Å². The van der Waals surface area contributed by atoms with E-state index in [1.165, 1.54) is 0 Å². The fourth-order valence-electron chi connectivity index (χ4n) is 2.24. The molecule has 1 heterocycles. The van der Waals surface area contributed by atoms with E-state index in [9.17, 15) is 4.79 Å². The highest BCUT2D eigenvalue weighted by Gasteiger charge is 2.12. The number of ketones is 1. The number of rotatable bonds is 6. The van der Waals surface area contributed by atoms with Crippen molar-refractivity contribution in [3.05, 3.63) is 47.3 Å². The number of aryl methyl sites for hydroxylation is 2. The number of ether oxygens (including phenoxy) is 1. The zero-order valence-corrected chi connectivity index (χ0v) is 12.2. The van der Waals surface area contributed by atoms with Crippen LogP contribution in [0, 0.1) is 0 Å². The quantitative estimate of drug-likeness (QED) is 0.810. The predicted octanol–water partition coefficient (Wildman–Crippen LogP) is 2.35. The molecule has 0 aliphatic carbocycles. The van der Waals surface area contributed by atoms with Crippen molar-refractivity contribution in [1.82, 2.24) is 9.78 Å². The molecule has 1 aromatic heterocycles. The van der Waals surface area contributed by atoms with E-state index >= 15 is 0 Å². The van der Waals surface area contributed by atoms with E-state index in [0.717, 1.165) is 29.1 Å². The van der Waals surface area contributed by atoms with Crippen molar-refractivity contribution in [2.75, 3.05) is 7.11 Å². The van der Waals surface area contributed by atoms with Crippen molar-refractivity contribution < 1.29 is 9.53 Å². The first-order chi connectivity index (χ1) is 9.63. The first kappa shape index (κ1) is 14.3. The lowest BCUT2D eigenvalue weighted by Crippen LogP contribution is -2.10. The molecule has 106 valence electrons. The molecule has 4 nitrogen and oxygen atoms in total. The number of nitrogens with zero attached hydrogens (tertiary/aromatic N) is 2. The summed E-state index contributed by atoms with van der Waals surface area (Å²) in [6.07, 6.45) is 1.67. The minimum Gasteiger partial charge on any atom is -0.496 e. The molecule has 2 rings (SSSR count). The van der Waals surface area contributed by atoms with E-state index < -0.39 is 0 Å². The Kier molecular flexibility index (Phi) is 4.56. The SMILES string of the molecule is CCc1cc(CC(=O)Cc2ccccc2OC)n(C)n1. The monoisotopic (exact) mass is 272 g/mol. The molecule has 20 heavy (non-hydrogen) atoms. The summed E-state index contributed by atoms with van der Waals surface area (Å²) in [6.45, 7) is 2.06. The molecule has 0 spiro atoms. The Morgan fingerprint density at radius 3 is 2.70 bits per heavy atom. The Labute approximate surface area is 119 Å². The van der Waals surface area contributed by atoms with Crippen molar-refractivity contribution in [3.63, 3.8) is 0 Å². The number of carbonyl (C=O) groups is 1. The van der Waals surface area contributed by atoms with Gasteiger partial charge < -0.3 is 4.74 Å². The highest BCUT2D eigenvalue weighted by Crippen LogP contribution is 2.18. The lowest BCUT2D eigenvalue weighted by Gasteiger charge is -2.07. The van der Waals surface area contributed by atoms with E-state index in [4.69, 9.17) is 4.74 Å². The summed E-state index contributed by atoms with van der Waals surface area (Å²) < 4.78 is 7.06. The van der Waals surface area contributed by atoms with Crippen molar-refractivity contribution in [1.29, 1.82) is 0 Å². The summed E-state index contributed by atoms with van der Waals surface area (Å²) in [7, 11) is 3.50. The second-order valence-corrected chi connectivity index (χ2v) is 4.81. The Morgan fingerprint density at radius 2 is 2.05 bits per heavy atom. The number of para-hydroxylation sites is 1. The molecule has 0 saturated heterocycles. The van der Waals surface area contributed by atoms with Crippen LogP contribution in [0.15, 0.2) is 30.3 Å². The van der Waals surface area contributed by atoms with Crippen molar-refractivity contribution in [3.8, 4) is 5.75 Å². The van der Waals surface area contributed by atoms with Crippen LogP contribution in [0.25, 0.3) is 0 Å². The normalized spacial score (nSPS) is 10.6. The molecular weight excluding hydrogens is 252 g/mol. The first-order valence-electron chi connectivity index (χ1n) is 6.79. The number of Topliss-reactive ketones (excluding diaryl/α,β-unsaturated/α-hetero) is 1. The van der Waals surface area contributed by atoms with Gasteiger partial charge in [0, 0.05) is 31.1 Å². The van der Waals surface area contributed by atoms with E-state index in [1.54, 1.807) is 11.8 Å². The van der Waals surface area contributed by atoms with Crippen LogP contribution < -0.4 is 4.74 Å². The number of aromatic nitrogens is 2. The Morgan fingerprint density at radius 1 is 1.30 bits per heavy atom. The number of methoxy groups -OCH3 is 1. The zero-order valence-electron chi connectivity index (χ0n) is 12.2. The number of benzene rings is 1. The molecule has 0 atom stereocenters. The molecule has 0 amide bonds. The van der Waals surface area contributed by atoms with Crippen LogP contribution >= 0.6 is 0 Å². The fourth-order valence-corrected chi connectivity index (χ4v) is 2.24. The van der Waals surface area contributed by atoms with Gasteiger partial charge in [-0.25, -0.2) is 0 Å². The Bertz CT molecular complexity index is 602. The van der Waals surface area contributed by atoms with Gasteiger partial charge in [0.25, 0.3) is 0 Å². The molecule has 0 N–H and O–H groups in total. The van der Waals surface area contributed by atoms with Crippen LogP contribution in [0.1, 0.15) is 23.9 Å². The lowest BCUT2D eigenvalue weighted by atomic mass is 10.0. The standard InChI is InChI=1S/C16H20N2O2/c1-4-13-10-14(18(2)17-13)11-15(19)9-12-7-5-6-8-16(12)20-3/h5-8,10H,4,9,11H2,1-3H3. The Hall–Kier alpha value is -2.10. The maximum Gasteiger partial charge on any atom is 0.143 e. The molecule has 0 aliphatic rings. The summed E-state index contributed by atoms with van der Waals surface area (Å²) in [5.74, 6) is 0.931. The third-order valence-electron chi connectivity index (χ3n) is 3.35. The van der Waals surface area contributed by atoms with Gasteiger partial charge in [-0.05, 0) is 18.6 Å². The fraction of sp³-hybridized carbons (Fsp3) is 0.375. The first-order valence-corrected chi connectivity index (χ1v) is 6.79. The zero-order chi connectivity index (χ0) is 14.5. The van der Waals surface area contributed by atoms with Gasteiger partial charge in [0.1, 0.15) is 11.5 Å². The molecule has 0 saturated carbocycles. The van der Waals surface area contributed by atoms with Crippen molar-refractivity contribution >= 4 is 5.78 Å². The maximum absolute atomic E-state index is 12.2. The number of carbonyl (C=O) groups excluding carboxylic acids is 1. The highest BCUT2D eigenvalue weighted by molar-refractivity contribution is 5.83.